The van der Waals surface area contributed by atoms with Crippen molar-refractivity contribution < 1.29 is 13.2 Å². The van der Waals surface area contributed by atoms with E-state index in [0.29, 0.717) is 0 Å². The smallest absolute Gasteiger partial charge is 0.335 e. The summed E-state index contributed by atoms with van der Waals surface area (Å²) < 4.78 is 37.1. The van der Waals surface area contributed by atoms with Crippen molar-refractivity contribution in [3.63, 3.8) is 0 Å². The van der Waals surface area contributed by atoms with Crippen molar-refractivity contribution in [3.05, 3.63) is 12.3 Å². The van der Waals surface area contributed by atoms with Crippen LogP contribution in [0.2, 0.25) is 0 Å². The van der Waals surface area contributed by atoms with Crippen molar-refractivity contribution in [3.8, 4) is 0 Å². The van der Waals surface area contributed by atoms with Gasteiger partial charge in [0.25, 0.3) is 0 Å². The molecular formula is C4H4F3NS. The Balaban J connectivity index is 2.66. The largest absolute Gasteiger partial charge is 0.454 e. The van der Waals surface area contributed by atoms with Gasteiger partial charge in [-0.2, -0.15) is 13.2 Å². The average molecular weight is 155 g/mol. The summed E-state index contributed by atoms with van der Waals surface area (Å²) in [5.74, 6) is 0. The number of hydrogen-bond acceptors (Lipinski definition) is 1. The second-order valence-electron chi connectivity index (χ2n) is 1.40. The van der Waals surface area contributed by atoms with Crippen molar-refractivity contribution in [2.75, 3.05) is 0 Å². The fourth-order valence-corrected chi connectivity index (χ4v) is 1.24. The molecule has 5 heteroatoms. The van der Waals surface area contributed by atoms with Gasteiger partial charge < -0.3 is 4.72 Å². The molecule has 0 aromatic rings. The lowest BCUT2D eigenvalue weighted by Crippen LogP contribution is -2.10. The van der Waals surface area contributed by atoms with E-state index in [0.717, 1.165) is 5.37 Å². The van der Waals surface area contributed by atoms with Gasteiger partial charge in [0.1, 0.15) is 0 Å². The van der Waals surface area contributed by atoms with E-state index < -0.39 is 16.2 Å². The molecule has 0 radical (unpaired) electrons. The molecule has 0 saturated heterocycles. The van der Waals surface area contributed by atoms with Crippen molar-refractivity contribution in [1.29, 1.82) is 0 Å². The molecule has 0 aliphatic carbocycles. The third-order valence-electron chi connectivity index (χ3n) is 0.755. The highest BCUT2D eigenvalue weighted by Gasteiger charge is 2.32. The lowest BCUT2D eigenvalue weighted by molar-refractivity contribution is -0.0339. The summed E-state index contributed by atoms with van der Waals surface area (Å²) in [6.07, 6.45) is 2.65. The second-order valence-corrected chi connectivity index (χ2v) is 3.04. The summed E-state index contributed by atoms with van der Waals surface area (Å²) in [6, 6.07) is 0. The molecule has 1 nitrogen and oxygen atoms in total. The van der Waals surface area contributed by atoms with Gasteiger partial charge in [-0.15, -0.1) is 0 Å². The summed E-state index contributed by atoms with van der Waals surface area (Å²) in [4.78, 5) is 0. The Hall–Kier alpha value is -0.450. The molecule has 0 aromatic heterocycles. The predicted molar refractivity (Wildman–Crippen MR) is 32.0 cm³/mol. The van der Waals surface area contributed by atoms with Crippen LogP contribution < -0.4 is 4.72 Å². The van der Waals surface area contributed by atoms with Crippen LogP contribution in [0.15, 0.2) is 12.3 Å². The summed E-state index contributed by atoms with van der Waals surface area (Å²) in [5, 5.41) is 1.10. The first-order valence-corrected chi connectivity index (χ1v) is 3.45. The van der Waals surface area contributed by atoms with E-state index in [-0.39, 0.29) is 0 Å². The van der Waals surface area contributed by atoms with E-state index in [2.05, 4.69) is 4.72 Å². The molecular weight excluding hydrogens is 151 g/mol. The zero-order valence-corrected chi connectivity index (χ0v) is 5.09. The summed E-state index contributed by atoms with van der Waals surface area (Å²) in [6.45, 7) is 0. The molecule has 1 aliphatic rings. The van der Waals surface area contributed by atoms with Crippen LogP contribution in [0.25, 0.3) is 0 Å². The Morgan fingerprint density at radius 1 is 1.33 bits per heavy atom. The van der Waals surface area contributed by atoms with Gasteiger partial charge in [-0.3, -0.25) is 0 Å². The van der Waals surface area contributed by atoms with Crippen LogP contribution in [-0.4, -0.2) is 10.9 Å². The molecule has 1 atom stereocenters. The van der Waals surface area contributed by atoms with Crippen LogP contribution in [0.4, 0.5) is 13.2 Å². The first-order chi connectivity index (χ1) is 4.11. The number of rotatable bonds is 0. The zero-order valence-electron chi connectivity index (χ0n) is 4.27. The van der Waals surface area contributed by atoms with Crippen LogP contribution in [0.3, 0.4) is 0 Å². The van der Waals surface area contributed by atoms with Gasteiger partial charge in [0.2, 0.25) is 0 Å². The highest BCUT2D eigenvalue weighted by Crippen LogP contribution is 2.35. The maximum absolute atomic E-state index is 11.6. The van der Waals surface area contributed by atoms with E-state index in [1.165, 1.54) is 12.3 Å². The molecule has 0 spiro atoms. The van der Waals surface area contributed by atoms with E-state index >= 15 is 0 Å². The monoisotopic (exact) mass is 155 g/mol. The van der Waals surface area contributed by atoms with Gasteiger partial charge in [0.15, 0.2) is 0 Å². The zero-order chi connectivity index (χ0) is 6.91. The maximum Gasteiger partial charge on any atom is 0.454 e. The van der Waals surface area contributed by atoms with Gasteiger partial charge in [0, 0.05) is 16.9 Å². The van der Waals surface area contributed by atoms with Crippen LogP contribution in [0.1, 0.15) is 0 Å². The van der Waals surface area contributed by atoms with E-state index in [4.69, 9.17) is 0 Å². The minimum atomic E-state index is -4.12. The van der Waals surface area contributed by atoms with Crippen LogP contribution >= 0.6 is 10.7 Å². The molecule has 52 valence electrons. The van der Waals surface area contributed by atoms with E-state index in [1.54, 1.807) is 0 Å². The van der Waals surface area contributed by atoms with Crippen molar-refractivity contribution >= 4 is 16.0 Å². The minimum absolute atomic E-state index is 1.10. The third kappa shape index (κ3) is 1.48. The molecule has 0 bridgehead atoms. The molecule has 9 heavy (non-hydrogen) atoms. The standard InChI is InChI=1S/C4H4F3NS/c5-4(6,7)9-3-1-2-8-9/h1-3,8H. The minimum Gasteiger partial charge on any atom is -0.335 e. The third-order valence-corrected chi connectivity index (χ3v) is 2.07. The maximum atomic E-state index is 11.6. The first kappa shape index (κ1) is 6.67. The summed E-state index contributed by atoms with van der Waals surface area (Å²) in [7, 11) is -1.73. The SMILES string of the molecule is FC(F)(F)S1=CC=CN1. The normalized spacial score (nSPS) is 25.4. The molecule has 0 aromatic carbocycles. The predicted octanol–water partition coefficient (Wildman–Crippen LogP) is 1.61. The highest BCUT2D eigenvalue weighted by atomic mass is 32.2. The topological polar surface area (TPSA) is 12.0 Å². The second kappa shape index (κ2) is 2.06. The quantitative estimate of drug-likeness (QED) is 0.524. The first-order valence-electron chi connectivity index (χ1n) is 2.17. The summed E-state index contributed by atoms with van der Waals surface area (Å²) in [5.41, 5.74) is -4.12. The van der Waals surface area contributed by atoms with Crippen LogP contribution in [0.5, 0.6) is 0 Å². The Morgan fingerprint density at radius 3 is 2.22 bits per heavy atom. The molecule has 1 N–H and O–H groups in total. The Labute approximate surface area is 52.6 Å². The Kier molecular flexibility index (Phi) is 1.52. The van der Waals surface area contributed by atoms with E-state index in [9.17, 15) is 13.2 Å². The Morgan fingerprint density at radius 2 is 2.00 bits per heavy atom. The fraction of sp³-hybridized carbons (Fsp3) is 0.250. The molecule has 0 fully saturated rings. The van der Waals surface area contributed by atoms with E-state index in [1.807, 2.05) is 0 Å². The molecule has 1 rings (SSSR count). The molecule has 1 aliphatic heterocycles. The van der Waals surface area contributed by atoms with Gasteiger partial charge >= 0.3 is 5.51 Å². The highest BCUT2D eigenvalue weighted by molar-refractivity contribution is 8.14. The number of allylic oxidation sites excluding steroid dienone is 1. The number of nitrogens with one attached hydrogen (secondary N) is 1. The van der Waals surface area contributed by atoms with Gasteiger partial charge in [-0.25, -0.2) is 0 Å². The average Bonchev–Trinajstić information content (AvgIpc) is 2.08. The molecule has 1 unspecified atom stereocenters. The van der Waals surface area contributed by atoms with Crippen LogP contribution in [0, 0.1) is 0 Å². The van der Waals surface area contributed by atoms with Crippen molar-refractivity contribution in [2.45, 2.75) is 5.51 Å². The molecule has 0 amide bonds. The fourth-order valence-electron chi connectivity index (χ4n) is 0.414. The summed E-state index contributed by atoms with van der Waals surface area (Å²) >= 11 is 0. The lowest BCUT2D eigenvalue weighted by atomic mass is 10.7. The number of halogens is 3. The molecule has 0 saturated carbocycles. The van der Waals surface area contributed by atoms with Gasteiger partial charge in [-0.1, -0.05) is 0 Å². The van der Waals surface area contributed by atoms with Gasteiger partial charge in [-0.05, 0) is 11.4 Å². The molecule has 1 heterocycles. The number of alkyl halides is 3. The Bertz CT molecular complexity index is 169. The van der Waals surface area contributed by atoms with Gasteiger partial charge in [0.05, 0.1) is 0 Å². The van der Waals surface area contributed by atoms with Crippen LogP contribution in [-0.2, 0) is 0 Å². The van der Waals surface area contributed by atoms with Crippen molar-refractivity contribution in [1.82, 2.24) is 4.72 Å². The number of hydrogen-bond donors (Lipinski definition) is 1. The lowest BCUT2D eigenvalue weighted by Gasteiger charge is -2.07. The van der Waals surface area contributed by atoms with Crippen molar-refractivity contribution in [2.24, 2.45) is 0 Å².